The van der Waals surface area contributed by atoms with Crippen molar-refractivity contribution in [2.24, 2.45) is 0 Å². The number of rotatable bonds is 11. The Labute approximate surface area is 132 Å². The van der Waals surface area contributed by atoms with Crippen LogP contribution in [0.25, 0.3) is 0 Å². The third-order valence-electron chi connectivity index (χ3n) is 3.00. The lowest BCUT2D eigenvalue weighted by atomic mass is 10.3. The molecule has 0 unspecified atom stereocenters. The predicted octanol–water partition coefficient (Wildman–Crippen LogP) is 2.26. The predicted molar refractivity (Wildman–Crippen MR) is 87.4 cm³/mol. The second-order valence-corrected chi connectivity index (χ2v) is 8.05. The Hall–Kier alpha value is -0.470. The normalized spacial score (nSPS) is 12.0. The van der Waals surface area contributed by atoms with Gasteiger partial charge in [-0.25, -0.2) is 13.1 Å². The summed E-state index contributed by atoms with van der Waals surface area (Å²) in [6.07, 6.45) is 2.85. The van der Waals surface area contributed by atoms with Crippen molar-refractivity contribution in [3.8, 4) is 0 Å². The minimum atomic E-state index is -3.39. The van der Waals surface area contributed by atoms with E-state index in [0.717, 1.165) is 29.9 Å². The molecule has 1 heterocycles. The van der Waals surface area contributed by atoms with Crippen LogP contribution in [0.4, 0.5) is 0 Å². The highest BCUT2D eigenvalue weighted by molar-refractivity contribution is 7.91. The van der Waals surface area contributed by atoms with E-state index in [1.54, 1.807) is 6.07 Å². The molecule has 0 radical (unpaired) electrons. The fourth-order valence-electron chi connectivity index (χ4n) is 1.76. The van der Waals surface area contributed by atoms with Crippen LogP contribution >= 0.6 is 11.3 Å². The molecule has 1 rings (SSSR count). The average molecular weight is 335 g/mol. The van der Waals surface area contributed by atoms with Gasteiger partial charge in [-0.05, 0) is 38.4 Å². The van der Waals surface area contributed by atoms with E-state index in [9.17, 15) is 8.42 Å². The fraction of sp³-hybridized carbons (Fsp3) is 0.714. The number of nitrogens with one attached hydrogen (secondary N) is 2. The summed E-state index contributed by atoms with van der Waals surface area (Å²) >= 11 is 1.32. The van der Waals surface area contributed by atoms with Crippen LogP contribution in [0, 0.1) is 6.92 Å². The maximum absolute atomic E-state index is 12.2. The van der Waals surface area contributed by atoms with Crippen molar-refractivity contribution in [2.75, 3.05) is 26.8 Å². The molecule has 0 saturated carbocycles. The van der Waals surface area contributed by atoms with Gasteiger partial charge in [-0.15, -0.1) is 11.3 Å². The van der Waals surface area contributed by atoms with Crippen molar-refractivity contribution in [2.45, 2.75) is 43.9 Å². The van der Waals surface area contributed by atoms with Crippen molar-refractivity contribution >= 4 is 21.4 Å². The maximum atomic E-state index is 12.2. The lowest BCUT2D eigenvalue weighted by molar-refractivity contribution is 0.130. The zero-order chi connectivity index (χ0) is 15.7. The number of hydrogen-bond acceptors (Lipinski definition) is 5. The molecule has 1 aromatic heterocycles. The molecule has 2 N–H and O–H groups in total. The Morgan fingerprint density at radius 1 is 1.29 bits per heavy atom. The molecule has 0 atom stereocenters. The van der Waals surface area contributed by atoms with E-state index >= 15 is 0 Å². The number of thiophene rings is 1. The van der Waals surface area contributed by atoms with Crippen LogP contribution < -0.4 is 10.0 Å². The first-order valence-electron chi connectivity index (χ1n) is 7.32. The zero-order valence-corrected chi connectivity index (χ0v) is 14.7. The van der Waals surface area contributed by atoms with Gasteiger partial charge < -0.3 is 10.1 Å². The van der Waals surface area contributed by atoms with Crippen LogP contribution in [0.1, 0.15) is 36.6 Å². The third kappa shape index (κ3) is 6.44. The summed E-state index contributed by atoms with van der Waals surface area (Å²) in [5, 5.41) is 3.04. The highest BCUT2D eigenvalue weighted by Crippen LogP contribution is 2.25. The van der Waals surface area contributed by atoms with Gasteiger partial charge in [0.15, 0.2) is 0 Å². The second-order valence-electron chi connectivity index (χ2n) is 4.92. The molecular formula is C14H26N2O3S2. The molecule has 0 aliphatic rings. The lowest BCUT2D eigenvalue weighted by Gasteiger charge is -2.05. The molecule has 0 fully saturated rings. The quantitative estimate of drug-likeness (QED) is 0.609. The number of ether oxygens (including phenoxy) is 1. The minimum absolute atomic E-state index is 0.386. The van der Waals surface area contributed by atoms with Crippen molar-refractivity contribution in [3.05, 3.63) is 16.5 Å². The van der Waals surface area contributed by atoms with Gasteiger partial charge in [0.2, 0.25) is 10.0 Å². The van der Waals surface area contributed by atoms with E-state index in [1.165, 1.54) is 11.3 Å². The smallest absolute Gasteiger partial charge is 0.250 e. The van der Waals surface area contributed by atoms with Gasteiger partial charge in [-0.1, -0.05) is 13.3 Å². The van der Waals surface area contributed by atoms with E-state index in [1.807, 2.05) is 14.0 Å². The molecule has 0 aromatic carbocycles. The van der Waals surface area contributed by atoms with E-state index < -0.39 is 10.0 Å². The van der Waals surface area contributed by atoms with Crippen molar-refractivity contribution in [3.63, 3.8) is 0 Å². The number of unbranched alkanes of at least 4 members (excludes halogenated alkanes) is 1. The first-order chi connectivity index (χ1) is 10.0. The first kappa shape index (κ1) is 18.6. The highest BCUT2D eigenvalue weighted by Gasteiger charge is 2.18. The molecule has 7 heteroatoms. The number of aryl methyl sites for hydroxylation is 1. The van der Waals surface area contributed by atoms with Crippen LogP contribution in [0.2, 0.25) is 0 Å². The average Bonchev–Trinajstić information content (AvgIpc) is 2.81. The summed E-state index contributed by atoms with van der Waals surface area (Å²) in [5.41, 5.74) is 1.01. The number of sulfonamides is 1. The van der Waals surface area contributed by atoms with Gasteiger partial charge >= 0.3 is 0 Å². The number of hydrogen-bond donors (Lipinski definition) is 2. The summed E-state index contributed by atoms with van der Waals surface area (Å²) in [7, 11) is -1.54. The van der Waals surface area contributed by atoms with E-state index in [-0.39, 0.29) is 0 Å². The monoisotopic (exact) mass is 334 g/mol. The van der Waals surface area contributed by atoms with Gasteiger partial charge in [-0.3, -0.25) is 0 Å². The molecule has 21 heavy (non-hydrogen) atoms. The van der Waals surface area contributed by atoms with Crippen molar-refractivity contribution in [1.29, 1.82) is 0 Å². The van der Waals surface area contributed by atoms with Crippen LogP contribution in [-0.2, 0) is 21.3 Å². The molecule has 0 aliphatic carbocycles. The van der Waals surface area contributed by atoms with Crippen LogP contribution in [0.3, 0.4) is 0 Å². The van der Waals surface area contributed by atoms with E-state index in [4.69, 9.17) is 4.74 Å². The van der Waals surface area contributed by atoms with Gasteiger partial charge in [0, 0.05) is 31.2 Å². The topological polar surface area (TPSA) is 67.4 Å². The summed E-state index contributed by atoms with van der Waals surface area (Å²) < 4.78 is 32.8. The summed E-state index contributed by atoms with van der Waals surface area (Å²) in [6, 6.07) is 1.73. The molecule has 122 valence electrons. The molecule has 0 amide bonds. The molecular weight excluding hydrogens is 308 g/mol. The van der Waals surface area contributed by atoms with Crippen LogP contribution in [-0.4, -0.2) is 35.2 Å². The van der Waals surface area contributed by atoms with Gasteiger partial charge in [0.05, 0.1) is 0 Å². The molecule has 0 saturated heterocycles. The van der Waals surface area contributed by atoms with E-state index in [0.29, 0.717) is 30.3 Å². The van der Waals surface area contributed by atoms with Crippen LogP contribution in [0.15, 0.2) is 10.3 Å². The Kier molecular flexibility index (Phi) is 8.43. The Bertz CT molecular complexity index is 512. The van der Waals surface area contributed by atoms with Crippen LogP contribution in [0.5, 0.6) is 0 Å². The largest absolute Gasteiger partial charge is 0.381 e. The van der Waals surface area contributed by atoms with E-state index in [2.05, 4.69) is 17.0 Å². The first-order valence-corrected chi connectivity index (χ1v) is 9.62. The standard InChI is InChI=1S/C14H26N2O3S2/c1-4-5-8-19-9-6-7-16-21(17,18)14-10-12(2)13(20-14)11-15-3/h10,15-16H,4-9,11H2,1-3H3. The second kappa shape index (κ2) is 9.53. The lowest BCUT2D eigenvalue weighted by Crippen LogP contribution is -2.24. The molecule has 0 bridgehead atoms. The van der Waals surface area contributed by atoms with Gasteiger partial charge in [-0.2, -0.15) is 0 Å². The summed E-state index contributed by atoms with van der Waals surface area (Å²) in [6.45, 7) is 6.49. The maximum Gasteiger partial charge on any atom is 0.250 e. The van der Waals surface area contributed by atoms with Crippen molar-refractivity contribution < 1.29 is 13.2 Å². The zero-order valence-electron chi connectivity index (χ0n) is 13.1. The Morgan fingerprint density at radius 3 is 2.67 bits per heavy atom. The molecule has 0 spiro atoms. The SMILES string of the molecule is CCCCOCCCNS(=O)(=O)c1cc(C)c(CNC)s1. The Morgan fingerprint density at radius 2 is 2.00 bits per heavy atom. The molecule has 5 nitrogen and oxygen atoms in total. The third-order valence-corrected chi connectivity index (χ3v) is 6.17. The minimum Gasteiger partial charge on any atom is -0.381 e. The summed E-state index contributed by atoms with van der Waals surface area (Å²) in [5.74, 6) is 0. The highest BCUT2D eigenvalue weighted by atomic mass is 32.2. The Balaban J connectivity index is 2.41. The van der Waals surface area contributed by atoms with Gasteiger partial charge in [0.25, 0.3) is 0 Å². The summed E-state index contributed by atoms with van der Waals surface area (Å²) in [4.78, 5) is 1.06. The molecule has 1 aromatic rings. The van der Waals surface area contributed by atoms with Crippen molar-refractivity contribution in [1.82, 2.24) is 10.0 Å². The molecule has 0 aliphatic heterocycles. The van der Waals surface area contributed by atoms with Gasteiger partial charge in [0.1, 0.15) is 4.21 Å². The fourth-order valence-corrected chi connectivity index (χ4v) is 4.48.